The van der Waals surface area contributed by atoms with Crippen LogP contribution in [0.5, 0.6) is 0 Å². The first-order valence-corrected chi connectivity index (χ1v) is 9.16. The standard InChI is InChI=1S/C21H28N2O/c1-4-13-22-21(24)20-16(3)18-7-5-6-8-19(18)23(20)14-17-11-9-15(2)10-12-17/h9-12H,4-8,13-14H2,1-3H3,(H,22,24). The highest BCUT2D eigenvalue weighted by Crippen LogP contribution is 2.30. The average molecular weight is 324 g/mol. The third-order valence-electron chi connectivity index (χ3n) is 5.05. The molecule has 1 aliphatic carbocycles. The van der Waals surface area contributed by atoms with Crippen molar-refractivity contribution in [1.29, 1.82) is 0 Å². The van der Waals surface area contributed by atoms with Gasteiger partial charge in [-0.05, 0) is 62.6 Å². The van der Waals surface area contributed by atoms with Crippen molar-refractivity contribution >= 4 is 5.91 Å². The molecular formula is C21H28N2O. The van der Waals surface area contributed by atoms with E-state index in [2.05, 4.69) is 54.9 Å². The molecule has 0 spiro atoms. The summed E-state index contributed by atoms with van der Waals surface area (Å²) in [5.41, 5.74) is 7.37. The summed E-state index contributed by atoms with van der Waals surface area (Å²) >= 11 is 0. The monoisotopic (exact) mass is 324 g/mol. The Balaban J connectivity index is 2.01. The molecule has 1 heterocycles. The molecule has 0 bridgehead atoms. The summed E-state index contributed by atoms with van der Waals surface area (Å²) in [4.78, 5) is 12.8. The minimum absolute atomic E-state index is 0.0795. The number of aryl methyl sites for hydroxylation is 1. The van der Waals surface area contributed by atoms with Crippen molar-refractivity contribution in [2.24, 2.45) is 0 Å². The minimum atomic E-state index is 0.0795. The number of aromatic nitrogens is 1. The number of nitrogens with one attached hydrogen (secondary N) is 1. The third kappa shape index (κ3) is 3.26. The van der Waals surface area contributed by atoms with E-state index < -0.39 is 0 Å². The first-order valence-electron chi connectivity index (χ1n) is 9.16. The Bertz CT molecular complexity index is 725. The molecule has 0 saturated carbocycles. The van der Waals surface area contributed by atoms with Gasteiger partial charge in [0.05, 0.1) is 0 Å². The molecular weight excluding hydrogens is 296 g/mol. The van der Waals surface area contributed by atoms with E-state index >= 15 is 0 Å². The predicted molar refractivity (Wildman–Crippen MR) is 98.7 cm³/mol. The Kier molecular flexibility index (Phi) is 5.08. The second kappa shape index (κ2) is 7.25. The lowest BCUT2D eigenvalue weighted by molar-refractivity contribution is 0.0944. The van der Waals surface area contributed by atoms with Crippen molar-refractivity contribution < 1.29 is 4.79 Å². The Labute approximate surface area is 145 Å². The van der Waals surface area contributed by atoms with Crippen LogP contribution >= 0.6 is 0 Å². The molecule has 3 rings (SSSR count). The highest BCUT2D eigenvalue weighted by molar-refractivity contribution is 5.95. The molecule has 0 saturated heterocycles. The van der Waals surface area contributed by atoms with E-state index in [0.717, 1.165) is 38.0 Å². The first-order chi connectivity index (χ1) is 11.6. The van der Waals surface area contributed by atoms with Crippen molar-refractivity contribution in [2.45, 2.75) is 59.4 Å². The van der Waals surface area contributed by atoms with Crippen LogP contribution in [0.3, 0.4) is 0 Å². The van der Waals surface area contributed by atoms with Gasteiger partial charge in [-0.2, -0.15) is 0 Å². The zero-order chi connectivity index (χ0) is 17.1. The van der Waals surface area contributed by atoms with E-state index in [9.17, 15) is 4.79 Å². The van der Waals surface area contributed by atoms with Crippen molar-refractivity contribution in [2.75, 3.05) is 6.54 Å². The molecule has 2 aromatic rings. The molecule has 1 aliphatic rings. The van der Waals surface area contributed by atoms with Crippen molar-refractivity contribution in [1.82, 2.24) is 9.88 Å². The number of nitrogens with zero attached hydrogens (tertiary/aromatic N) is 1. The molecule has 0 atom stereocenters. The second-order valence-corrected chi connectivity index (χ2v) is 6.93. The fourth-order valence-corrected chi connectivity index (χ4v) is 3.74. The van der Waals surface area contributed by atoms with E-state index in [1.807, 2.05) is 0 Å². The zero-order valence-corrected chi connectivity index (χ0v) is 15.1. The van der Waals surface area contributed by atoms with Gasteiger partial charge in [0.2, 0.25) is 0 Å². The molecule has 1 aromatic heterocycles. The normalized spacial score (nSPS) is 13.6. The van der Waals surface area contributed by atoms with Crippen LogP contribution in [-0.2, 0) is 19.4 Å². The number of carbonyl (C=O) groups is 1. The van der Waals surface area contributed by atoms with Crippen LogP contribution in [0.15, 0.2) is 24.3 Å². The van der Waals surface area contributed by atoms with Gasteiger partial charge < -0.3 is 9.88 Å². The number of amides is 1. The molecule has 1 N–H and O–H groups in total. The Hall–Kier alpha value is -2.03. The van der Waals surface area contributed by atoms with Crippen LogP contribution in [0.25, 0.3) is 0 Å². The number of fused-ring (bicyclic) bond motifs is 1. The molecule has 0 aliphatic heterocycles. The topological polar surface area (TPSA) is 34.0 Å². The van der Waals surface area contributed by atoms with Crippen molar-refractivity contribution in [3.8, 4) is 0 Å². The van der Waals surface area contributed by atoms with E-state index in [0.29, 0.717) is 0 Å². The van der Waals surface area contributed by atoms with E-state index in [1.54, 1.807) is 0 Å². The smallest absolute Gasteiger partial charge is 0.268 e. The van der Waals surface area contributed by atoms with Gasteiger partial charge in [-0.15, -0.1) is 0 Å². The fourth-order valence-electron chi connectivity index (χ4n) is 3.74. The number of benzene rings is 1. The average Bonchev–Trinajstić information content (AvgIpc) is 2.87. The lowest BCUT2D eigenvalue weighted by Crippen LogP contribution is -2.27. The maximum atomic E-state index is 12.8. The zero-order valence-electron chi connectivity index (χ0n) is 15.1. The largest absolute Gasteiger partial charge is 0.351 e. The van der Waals surface area contributed by atoms with Gasteiger partial charge in [-0.25, -0.2) is 0 Å². The molecule has 3 heteroatoms. The molecule has 128 valence electrons. The number of hydrogen-bond donors (Lipinski definition) is 1. The van der Waals surface area contributed by atoms with Crippen LogP contribution in [0.2, 0.25) is 0 Å². The number of rotatable bonds is 5. The van der Waals surface area contributed by atoms with Crippen LogP contribution in [0.4, 0.5) is 0 Å². The van der Waals surface area contributed by atoms with Crippen LogP contribution in [0, 0.1) is 13.8 Å². The number of hydrogen-bond acceptors (Lipinski definition) is 1. The summed E-state index contributed by atoms with van der Waals surface area (Å²) in [6, 6.07) is 8.64. The summed E-state index contributed by atoms with van der Waals surface area (Å²) in [7, 11) is 0. The lowest BCUT2D eigenvalue weighted by atomic mass is 9.95. The summed E-state index contributed by atoms with van der Waals surface area (Å²) in [5.74, 6) is 0.0795. The van der Waals surface area contributed by atoms with E-state index in [4.69, 9.17) is 0 Å². The lowest BCUT2D eigenvalue weighted by Gasteiger charge is -2.17. The molecule has 24 heavy (non-hydrogen) atoms. The van der Waals surface area contributed by atoms with Crippen LogP contribution < -0.4 is 5.32 Å². The molecule has 1 aromatic carbocycles. The van der Waals surface area contributed by atoms with Crippen molar-refractivity contribution in [3.63, 3.8) is 0 Å². The minimum Gasteiger partial charge on any atom is -0.351 e. The first kappa shape index (κ1) is 16.8. The summed E-state index contributed by atoms with van der Waals surface area (Å²) in [6.07, 6.45) is 5.61. The Morgan fingerprint density at radius 2 is 1.83 bits per heavy atom. The molecule has 1 amide bonds. The van der Waals surface area contributed by atoms with Gasteiger partial charge in [-0.1, -0.05) is 36.8 Å². The summed E-state index contributed by atoms with van der Waals surface area (Å²) < 4.78 is 2.28. The van der Waals surface area contributed by atoms with Gasteiger partial charge in [0.15, 0.2) is 0 Å². The fraction of sp³-hybridized carbons (Fsp3) is 0.476. The van der Waals surface area contributed by atoms with Crippen LogP contribution in [0.1, 0.15) is 64.6 Å². The van der Waals surface area contributed by atoms with Gasteiger partial charge >= 0.3 is 0 Å². The number of carbonyl (C=O) groups excluding carboxylic acids is 1. The molecule has 0 fully saturated rings. The van der Waals surface area contributed by atoms with Crippen LogP contribution in [-0.4, -0.2) is 17.0 Å². The highest BCUT2D eigenvalue weighted by atomic mass is 16.1. The van der Waals surface area contributed by atoms with Gasteiger partial charge in [0, 0.05) is 18.8 Å². The maximum Gasteiger partial charge on any atom is 0.268 e. The Morgan fingerprint density at radius 1 is 1.12 bits per heavy atom. The summed E-state index contributed by atoms with van der Waals surface area (Å²) in [6.45, 7) is 7.83. The van der Waals surface area contributed by atoms with Crippen molar-refractivity contribution in [3.05, 3.63) is 57.9 Å². The quantitative estimate of drug-likeness (QED) is 0.880. The SMILES string of the molecule is CCCNC(=O)c1c(C)c2c(n1Cc1ccc(C)cc1)CCCC2. The maximum absolute atomic E-state index is 12.8. The van der Waals surface area contributed by atoms with E-state index in [1.165, 1.54) is 40.8 Å². The molecule has 0 unspecified atom stereocenters. The van der Waals surface area contributed by atoms with Gasteiger partial charge in [0.25, 0.3) is 5.91 Å². The highest BCUT2D eigenvalue weighted by Gasteiger charge is 2.25. The van der Waals surface area contributed by atoms with Gasteiger partial charge in [-0.3, -0.25) is 4.79 Å². The molecule has 3 nitrogen and oxygen atoms in total. The molecule has 0 radical (unpaired) electrons. The second-order valence-electron chi connectivity index (χ2n) is 6.93. The van der Waals surface area contributed by atoms with Gasteiger partial charge in [0.1, 0.15) is 5.69 Å². The third-order valence-corrected chi connectivity index (χ3v) is 5.05. The summed E-state index contributed by atoms with van der Waals surface area (Å²) in [5, 5.41) is 3.07. The Morgan fingerprint density at radius 3 is 2.54 bits per heavy atom. The van der Waals surface area contributed by atoms with E-state index in [-0.39, 0.29) is 5.91 Å². The predicted octanol–water partition coefficient (Wildman–Crippen LogP) is 4.17.